The molecule has 1 saturated heterocycles. The standard InChI is InChI=1S/C22H26ClN7O2/c1-15(24)21(31)30(20-6-2-3-9-26-20)22(32)19-5-4-10-28(19)12-16-11-17(23)7-8-18(16)29-14-25-13-27-29/h2-3,6-8,11,13-15,19,26H,4-5,9-10,12,24H2,1H3/t15-,19-/m0/s1. The van der Waals surface area contributed by atoms with Gasteiger partial charge in [0, 0.05) is 18.1 Å². The fourth-order valence-electron chi connectivity index (χ4n) is 4.05. The van der Waals surface area contributed by atoms with Gasteiger partial charge in [0.1, 0.15) is 18.5 Å². The molecule has 2 atom stereocenters. The van der Waals surface area contributed by atoms with E-state index in [1.54, 1.807) is 30.1 Å². The third kappa shape index (κ3) is 4.59. The Bertz CT molecular complexity index is 1050. The summed E-state index contributed by atoms with van der Waals surface area (Å²) in [5.74, 6) is -0.247. The SMILES string of the molecule is C[C@H](N)C(=O)N(C(=O)[C@@H]1CCCN1Cc1cc(Cl)ccc1-n1cncn1)C1=CC=CCN1. The van der Waals surface area contributed by atoms with E-state index in [9.17, 15) is 9.59 Å². The highest BCUT2D eigenvalue weighted by atomic mass is 35.5. The Kier molecular flexibility index (Phi) is 6.69. The van der Waals surface area contributed by atoms with Gasteiger partial charge in [0.15, 0.2) is 0 Å². The molecule has 32 heavy (non-hydrogen) atoms. The first-order valence-electron chi connectivity index (χ1n) is 10.6. The van der Waals surface area contributed by atoms with Gasteiger partial charge in [-0.15, -0.1) is 0 Å². The zero-order valence-electron chi connectivity index (χ0n) is 17.8. The van der Waals surface area contributed by atoms with Crippen molar-refractivity contribution in [2.24, 2.45) is 5.73 Å². The average Bonchev–Trinajstić information content (AvgIpc) is 3.47. The van der Waals surface area contributed by atoms with E-state index in [4.69, 9.17) is 17.3 Å². The van der Waals surface area contributed by atoms with E-state index in [1.807, 2.05) is 24.3 Å². The topological polar surface area (TPSA) is 109 Å². The molecule has 0 saturated carbocycles. The fraction of sp³-hybridized carbons (Fsp3) is 0.364. The van der Waals surface area contributed by atoms with E-state index < -0.39 is 18.0 Å². The van der Waals surface area contributed by atoms with Gasteiger partial charge in [0.2, 0.25) is 0 Å². The number of likely N-dealkylation sites (tertiary alicyclic amines) is 1. The molecule has 0 aliphatic carbocycles. The number of nitrogens with one attached hydrogen (secondary N) is 1. The van der Waals surface area contributed by atoms with Gasteiger partial charge in [-0.25, -0.2) is 14.6 Å². The predicted octanol–water partition coefficient (Wildman–Crippen LogP) is 1.59. The summed E-state index contributed by atoms with van der Waals surface area (Å²) in [4.78, 5) is 33.8. The van der Waals surface area contributed by atoms with E-state index in [-0.39, 0.29) is 5.91 Å². The van der Waals surface area contributed by atoms with Crippen molar-refractivity contribution in [3.63, 3.8) is 0 Å². The van der Waals surface area contributed by atoms with Crippen LogP contribution in [0.25, 0.3) is 5.69 Å². The van der Waals surface area contributed by atoms with Gasteiger partial charge in [-0.3, -0.25) is 14.5 Å². The van der Waals surface area contributed by atoms with Crippen LogP contribution in [0, 0.1) is 0 Å². The number of allylic oxidation sites excluding steroid dienone is 2. The molecule has 3 N–H and O–H groups in total. The molecule has 2 aliphatic rings. The lowest BCUT2D eigenvalue weighted by Gasteiger charge is -2.32. The quantitative estimate of drug-likeness (QED) is 0.680. The van der Waals surface area contributed by atoms with Gasteiger partial charge in [0.25, 0.3) is 11.8 Å². The lowest BCUT2D eigenvalue weighted by Crippen LogP contribution is -2.53. The number of carbonyl (C=O) groups is 2. The molecule has 2 aliphatic heterocycles. The number of nitrogens with zero attached hydrogens (tertiary/aromatic N) is 5. The zero-order chi connectivity index (χ0) is 22.7. The molecule has 2 aromatic rings. The lowest BCUT2D eigenvalue weighted by atomic mass is 10.1. The van der Waals surface area contributed by atoms with Gasteiger partial charge in [-0.2, -0.15) is 5.10 Å². The molecule has 0 spiro atoms. The molecule has 2 amide bonds. The normalized spacial score (nSPS) is 19.3. The Morgan fingerprint density at radius 3 is 2.94 bits per heavy atom. The van der Waals surface area contributed by atoms with Crippen molar-refractivity contribution >= 4 is 23.4 Å². The highest BCUT2D eigenvalue weighted by molar-refractivity contribution is 6.30. The first-order chi connectivity index (χ1) is 15.5. The van der Waals surface area contributed by atoms with Gasteiger partial charge in [0.05, 0.1) is 17.8 Å². The van der Waals surface area contributed by atoms with Gasteiger partial charge < -0.3 is 11.1 Å². The van der Waals surface area contributed by atoms with Crippen LogP contribution in [0.15, 0.2) is 54.9 Å². The molecule has 0 radical (unpaired) electrons. The third-order valence-electron chi connectivity index (χ3n) is 5.59. The number of nitrogens with two attached hydrogens (primary N) is 1. The summed E-state index contributed by atoms with van der Waals surface area (Å²) >= 11 is 6.27. The van der Waals surface area contributed by atoms with Crippen LogP contribution in [0.1, 0.15) is 25.3 Å². The molecule has 168 valence electrons. The Hall–Kier alpha value is -3.01. The lowest BCUT2D eigenvalue weighted by molar-refractivity contribution is -0.146. The maximum absolute atomic E-state index is 13.6. The summed E-state index contributed by atoms with van der Waals surface area (Å²) < 4.78 is 1.67. The molecular formula is C22H26ClN7O2. The molecule has 1 aromatic heterocycles. The number of rotatable bonds is 6. The Balaban J connectivity index is 1.61. The first-order valence-corrected chi connectivity index (χ1v) is 10.9. The van der Waals surface area contributed by atoms with Crippen LogP contribution in [0.2, 0.25) is 5.02 Å². The molecule has 9 nitrogen and oxygen atoms in total. The van der Waals surface area contributed by atoms with E-state index in [0.717, 1.165) is 24.2 Å². The van der Waals surface area contributed by atoms with Crippen molar-refractivity contribution in [2.45, 2.75) is 38.4 Å². The number of hydrogen-bond acceptors (Lipinski definition) is 7. The van der Waals surface area contributed by atoms with Crippen LogP contribution >= 0.6 is 11.6 Å². The minimum absolute atomic E-state index is 0.275. The Labute approximate surface area is 191 Å². The number of benzene rings is 1. The number of imide groups is 1. The van der Waals surface area contributed by atoms with Gasteiger partial charge in [-0.1, -0.05) is 23.8 Å². The van der Waals surface area contributed by atoms with Crippen LogP contribution < -0.4 is 11.1 Å². The molecule has 0 bridgehead atoms. The van der Waals surface area contributed by atoms with E-state index >= 15 is 0 Å². The zero-order valence-corrected chi connectivity index (χ0v) is 18.6. The maximum atomic E-state index is 13.6. The van der Waals surface area contributed by atoms with Crippen molar-refractivity contribution < 1.29 is 9.59 Å². The van der Waals surface area contributed by atoms with Crippen molar-refractivity contribution in [1.82, 2.24) is 29.9 Å². The van der Waals surface area contributed by atoms with Crippen molar-refractivity contribution in [2.75, 3.05) is 13.1 Å². The molecule has 1 fully saturated rings. The number of aromatic nitrogens is 3. The number of carbonyl (C=O) groups excluding carboxylic acids is 2. The van der Waals surface area contributed by atoms with E-state index in [2.05, 4.69) is 20.3 Å². The summed E-state index contributed by atoms with van der Waals surface area (Å²) in [6.45, 7) is 3.34. The second-order valence-corrected chi connectivity index (χ2v) is 8.34. The van der Waals surface area contributed by atoms with Crippen LogP contribution in [-0.2, 0) is 16.1 Å². The number of dihydropyridines is 1. The third-order valence-corrected chi connectivity index (χ3v) is 5.83. The molecule has 3 heterocycles. The summed E-state index contributed by atoms with van der Waals surface area (Å²) in [6.07, 6.45) is 10.1. The van der Waals surface area contributed by atoms with Crippen molar-refractivity contribution in [3.05, 3.63) is 65.5 Å². The number of halogens is 1. The molecule has 0 unspecified atom stereocenters. The number of amides is 2. The molecular weight excluding hydrogens is 430 g/mol. The van der Waals surface area contributed by atoms with E-state index in [0.29, 0.717) is 30.4 Å². The molecule has 10 heteroatoms. The summed E-state index contributed by atoms with van der Waals surface area (Å²) in [5, 5.41) is 7.93. The van der Waals surface area contributed by atoms with Crippen molar-refractivity contribution in [3.8, 4) is 5.69 Å². The Morgan fingerprint density at radius 2 is 2.25 bits per heavy atom. The summed E-state index contributed by atoms with van der Waals surface area (Å²) in [7, 11) is 0. The van der Waals surface area contributed by atoms with E-state index in [1.165, 1.54) is 11.2 Å². The molecule has 1 aromatic carbocycles. The first kappa shape index (κ1) is 22.2. The number of hydrogen-bond donors (Lipinski definition) is 2. The van der Waals surface area contributed by atoms with Gasteiger partial charge in [-0.05, 0) is 56.1 Å². The Morgan fingerprint density at radius 1 is 1.41 bits per heavy atom. The smallest absolute Gasteiger partial charge is 0.252 e. The maximum Gasteiger partial charge on any atom is 0.252 e. The minimum atomic E-state index is -0.797. The second-order valence-electron chi connectivity index (χ2n) is 7.90. The predicted molar refractivity (Wildman–Crippen MR) is 121 cm³/mol. The largest absolute Gasteiger partial charge is 0.368 e. The molecule has 4 rings (SSSR count). The van der Waals surface area contributed by atoms with Crippen LogP contribution in [0.5, 0.6) is 0 Å². The average molecular weight is 456 g/mol. The fourth-order valence-corrected chi connectivity index (χ4v) is 4.25. The highest BCUT2D eigenvalue weighted by Gasteiger charge is 2.38. The van der Waals surface area contributed by atoms with Gasteiger partial charge >= 0.3 is 0 Å². The van der Waals surface area contributed by atoms with Crippen molar-refractivity contribution in [1.29, 1.82) is 0 Å². The van der Waals surface area contributed by atoms with Crippen LogP contribution in [0.4, 0.5) is 0 Å². The monoisotopic (exact) mass is 455 g/mol. The minimum Gasteiger partial charge on any atom is -0.368 e. The van der Waals surface area contributed by atoms with Crippen LogP contribution in [-0.4, -0.2) is 61.6 Å². The highest BCUT2D eigenvalue weighted by Crippen LogP contribution is 2.27. The van der Waals surface area contributed by atoms with Crippen LogP contribution in [0.3, 0.4) is 0 Å². The summed E-state index contributed by atoms with van der Waals surface area (Å²) in [5.41, 5.74) is 7.63. The second kappa shape index (κ2) is 9.64. The summed E-state index contributed by atoms with van der Waals surface area (Å²) in [6, 6.07) is 4.31.